The third-order valence-electron chi connectivity index (χ3n) is 7.64. The maximum absolute atomic E-state index is 13.6. The van der Waals surface area contributed by atoms with Crippen LogP contribution in [0.3, 0.4) is 0 Å². The van der Waals surface area contributed by atoms with E-state index in [0.29, 0.717) is 11.3 Å². The summed E-state index contributed by atoms with van der Waals surface area (Å²) in [7, 11) is -8.15. The summed E-state index contributed by atoms with van der Waals surface area (Å²) in [6.07, 6.45) is 1.35. The van der Waals surface area contributed by atoms with Crippen LogP contribution in [0.4, 0.5) is 0 Å². The lowest BCUT2D eigenvalue weighted by Crippen LogP contribution is -2.60. The molecular formula is C34H35N5O7S2. The van der Waals surface area contributed by atoms with Crippen molar-refractivity contribution in [3.05, 3.63) is 126 Å². The first-order valence-corrected chi connectivity index (χ1v) is 18.0. The van der Waals surface area contributed by atoms with E-state index in [-0.39, 0.29) is 41.4 Å². The largest absolute Gasteiger partial charge is 0.484 e. The van der Waals surface area contributed by atoms with Gasteiger partial charge in [-0.3, -0.25) is 9.59 Å². The molecule has 0 radical (unpaired) electrons. The molecule has 0 aliphatic carbocycles. The molecule has 2 atom stereocenters. The molecule has 1 aliphatic heterocycles. The molecule has 0 unspecified atom stereocenters. The molecular weight excluding hydrogens is 655 g/mol. The standard InChI is InChI=1S/C34H35N5O7S2/c1-26(28-11-5-2-6-12-28)36-33(40)25-46-29-19-17-27(18-20-29)23-35-37-34(41)32-24-38(47(42,43)30-13-7-3-8-14-30)21-22-39(32)48(44,45)31-15-9-4-10-16-31/h2-20,23,26,32H,21-22,24-25H2,1H3,(H,36,40)(H,37,41)/b35-23-/t26-,32-/m0/s1. The lowest BCUT2D eigenvalue weighted by molar-refractivity contribution is -0.126. The van der Waals surface area contributed by atoms with Crippen LogP contribution in [-0.4, -0.2) is 75.8 Å². The number of hydrazone groups is 1. The number of amides is 2. The molecule has 12 nitrogen and oxygen atoms in total. The van der Waals surface area contributed by atoms with Gasteiger partial charge in [0.1, 0.15) is 11.8 Å². The van der Waals surface area contributed by atoms with Crippen molar-refractivity contribution in [2.24, 2.45) is 5.10 Å². The third-order valence-corrected chi connectivity index (χ3v) is 11.4. The first-order valence-electron chi connectivity index (χ1n) is 15.1. The molecule has 4 aromatic carbocycles. The number of carbonyl (C=O) groups excluding carboxylic acids is 2. The van der Waals surface area contributed by atoms with Gasteiger partial charge in [0.2, 0.25) is 20.0 Å². The average molecular weight is 690 g/mol. The number of nitrogens with one attached hydrogen (secondary N) is 2. The van der Waals surface area contributed by atoms with Crippen molar-refractivity contribution < 1.29 is 31.2 Å². The van der Waals surface area contributed by atoms with Gasteiger partial charge in [-0.15, -0.1) is 0 Å². The molecule has 14 heteroatoms. The van der Waals surface area contributed by atoms with Crippen LogP contribution in [0.25, 0.3) is 0 Å². The van der Waals surface area contributed by atoms with Gasteiger partial charge in [-0.25, -0.2) is 22.3 Å². The van der Waals surface area contributed by atoms with Crippen LogP contribution in [0.15, 0.2) is 130 Å². The molecule has 2 N–H and O–H groups in total. The number of ether oxygens (including phenoxy) is 1. The number of hydrogen-bond acceptors (Lipinski definition) is 8. The highest BCUT2D eigenvalue weighted by Crippen LogP contribution is 2.25. The van der Waals surface area contributed by atoms with Crippen molar-refractivity contribution in [1.29, 1.82) is 0 Å². The summed E-state index contributed by atoms with van der Waals surface area (Å²) in [4.78, 5) is 25.8. The van der Waals surface area contributed by atoms with E-state index in [0.717, 1.165) is 14.2 Å². The molecule has 48 heavy (non-hydrogen) atoms. The second-order valence-electron chi connectivity index (χ2n) is 10.9. The van der Waals surface area contributed by atoms with Gasteiger partial charge in [-0.05, 0) is 66.6 Å². The van der Waals surface area contributed by atoms with Crippen LogP contribution in [0.1, 0.15) is 24.1 Å². The van der Waals surface area contributed by atoms with Crippen LogP contribution in [-0.2, 0) is 29.6 Å². The van der Waals surface area contributed by atoms with Gasteiger partial charge in [0.05, 0.1) is 22.0 Å². The van der Waals surface area contributed by atoms with Crippen molar-refractivity contribution >= 4 is 38.1 Å². The van der Waals surface area contributed by atoms with Crippen LogP contribution in [0.5, 0.6) is 5.75 Å². The second-order valence-corrected chi connectivity index (χ2v) is 14.7. The molecule has 0 saturated carbocycles. The number of rotatable bonds is 12. The second kappa shape index (κ2) is 15.3. The number of benzene rings is 4. The first-order chi connectivity index (χ1) is 23.1. The highest BCUT2D eigenvalue weighted by molar-refractivity contribution is 7.89. The summed E-state index contributed by atoms with van der Waals surface area (Å²) in [6.45, 7) is 0.917. The van der Waals surface area contributed by atoms with E-state index < -0.39 is 38.5 Å². The lowest BCUT2D eigenvalue weighted by Gasteiger charge is -2.38. The van der Waals surface area contributed by atoms with Gasteiger partial charge >= 0.3 is 0 Å². The first kappa shape index (κ1) is 34.4. The van der Waals surface area contributed by atoms with Crippen LogP contribution < -0.4 is 15.5 Å². The van der Waals surface area contributed by atoms with E-state index in [9.17, 15) is 26.4 Å². The van der Waals surface area contributed by atoms with E-state index in [1.165, 1.54) is 30.5 Å². The summed E-state index contributed by atoms with van der Waals surface area (Å²) < 4.78 is 61.6. The Morgan fingerprint density at radius 1 is 0.812 bits per heavy atom. The quantitative estimate of drug-likeness (QED) is 0.171. The molecule has 2 amide bonds. The Hall–Kier alpha value is -4.89. The summed E-state index contributed by atoms with van der Waals surface area (Å²) in [6, 6.07) is 30.0. The Bertz CT molecular complexity index is 1940. The zero-order valence-electron chi connectivity index (χ0n) is 26.0. The Kier molecular flexibility index (Phi) is 11.0. The molecule has 1 fully saturated rings. The monoisotopic (exact) mass is 689 g/mol. The Morgan fingerprint density at radius 3 is 1.98 bits per heavy atom. The summed E-state index contributed by atoms with van der Waals surface area (Å²) in [5.74, 6) is -0.627. The van der Waals surface area contributed by atoms with E-state index in [2.05, 4.69) is 15.8 Å². The fourth-order valence-electron chi connectivity index (χ4n) is 5.08. The summed E-state index contributed by atoms with van der Waals surface area (Å²) >= 11 is 0. The van der Waals surface area contributed by atoms with Gasteiger partial charge in [0.15, 0.2) is 6.61 Å². The number of hydrogen-bond donors (Lipinski definition) is 2. The number of nitrogens with zero attached hydrogens (tertiary/aromatic N) is 3. The van der Waals surface area contributed by atoms with Crippen molar-refractivity contribution in [3.8, 4) is 5.75 Å². The molecule has 5 rings (SSSR count). The number of piperazine rings is 1. The predicted molar refractivity (Wildman–Crippen MR) is 180 cm³/mol. The molecule has 0 bridgehead atoms. The molecule has 1 aliphatic rings. The maximum atomic E-state index is 13.6. The fraction of sp³-hybridized carbons (Fsp3) is 0.206. The fourth-order valence-corrected chi connectivity index (χ4v) is 8.13. The Labute approximate surface area is 280 Å². The van der Waals surface area contributed by atoms with Crippen molar-refractivity contribution in [2.45, 2.75) is 28.8 Å². The normalized spacial score (nSPS) is 16.6. The molecule has 4 aromatic rings. The van der Waals surface area contributed by atoms with Crippen molar-refractivity contribution in [3.63, 3.8) is 0 Å². The smallest absolute Gasteiger partial charge is 0.259 e. The SMILES string of the molecule is C[C@H](NC(=O)COc1ccc(/C=N\NC(=O)[C@@H]2CN(S(=O)(=O)c3ccccc3)CCN2S(=O)(=O)c2ccccc2)cc1)c1ccccc1. The molecule has 0 spiro atoms. The Morgan fingerprint density at radius 2 is 1.38 bits per heavy atom. The van der Waals surface area contributed by atoms with Gasteiger partial charge in [0.25, 0.3) is 11.8 Å². The van der Waals surface area contributed by atoms with E-state index in [1.54, 1.807) is 60.7 Å². The van der Waals surface area contributed by atoms with Gasteiger partial charge in [0, 0.05) is 19.6 Å². The summed E-state index contributed by atoms with van der Waals surface area (Å²) in [5.41, 5.74) is 3.93. The molecule has 0 aromatic heterocycles. The minimum absolute atomic E-state index is 0.0174. The molecule has 250 valence electrons. The van der Waals surface area contributed by atoms with E-state index in [4.69, 9.17) is 4.74 Å². The highest BCUT2D eigenvalue weighted by Gasteiger charge is 2.43. The van der Waals surface area contributed by atoms with Crippen LogP contribution in [0, 0.1) is 0 Å². The Balaban J connectivity index is 1.23. The van der Waals surface area contributed by atoms with Gasteiger partial charge < -0.3 is 10.1 Å². The van der Waals surface area contributed by atoms with Crippen LogP contribution in [0.2, 0.25) is 0 Å². The predicted octanol–water partition coefficient (Wildman–Crippen LogP) is 3.16. The lowest BCUT2D eigenvalue weighted by atomic mass is 10.1. The van der Waals surface area contributed by atoms with Crippen molar-refractivity contribution in [2.75, 3.05) is 26.2 Å². The van der Waals surface area contributed by atoms with Crippen molar-refractivity contribution in [1.82, 2.24) is 19.4 Å². The highest BCUT2D eigenvalue weighted by atomic mass is 32.2. The van der Waals surface area contributed by atoms with Gasteiger partial charge in [-0.2, -0.15) is 13.7 Å². The zero-order valence-corrected chi connectivity index (χ0v) is 27.7. The van der Waals surface area contributed by atoms with Crippen LogP contribution >= 0.6 is 0 Å². The zero-order chi connectivity index (χ0) is 34.1. The minimum atomic E-state index is -4.15. The van der Waals surface area contributed by atoms with E-state index in [1.807, 2.05) is 37.3 Å². The molecule has 1 saturated heterocycles. The molecule has 1 heterocycles. The van der Waals surface area contributed by atoms with Gasteiger partial charge in [-0.1, -0.05) is 66.7 Å². The summed E-state index contributed by atoms with van der Waals surface area (Å²) in [5, 5.41) is 6.88. The number of carbonyl (C=O) groups is 2. The minimum Gasteiger partial charge on any atom is -0.484 e. The maximum Gasteiger partial charge on any atom is 0.259 e. The number of sulfonamides is 2. The topological polar surface area (TPSA) is 155 Å². The average Bonchev–Trinajstić information content (AvgIpc) is 3.12. The third kappa shape index (κ3) is 8.33. The van der Waals surface area contributed by atoms with E-state index >= 15 is 0 Å².